The number of ether oxygens (including phenoxy) is 1. The first-order chi connectivity index (χ1) is 12.1. The fourth-order valence-corrected chi connectivity index (χ4v) is 3.56. The van der Waals surface area contributed by atoms with Crippen molar-refractivity contribution >= 4 is 21.7 Å². The third kappa shape index (κ3) is 4.97. The molecule has 1 fully saturated rings. The zero-order valence-electron chi connectivity index (χ0n) is 15.1. The lowest BCUT2D eigenvalue weighted by molar-refractivity contribution is -0.159. The number of amides is 1. The van der Waals surface area contributed by atoms with Gasteiger partial charge in [-0.1, -0.05) is 12.5 Å². The van der Waals surface area contributed by atoms with E-state index in [9.17, 15) is 23.1 Å². The van der Waals surface area contributed by atoms with E-state index in [-0.39, 0.29) is 17.2 Å². The molecule has 0 unspecified atom stereocenters. The van der Waals surface area contributed by atoms with Gasteiger partial charge in [0.2, 0.25) is 5.91 Å². The van der Waals surface area contributed by atoms with Crippen molar-refractivity contribution < 1.29 is 27.9 Å². The van der Waals surface area contributed by atoms with E-state index in [0.29, 0.717) is 38.2 Å². The Morgan fingerprint density at radius 1 is 1.31 bits per heavy atom. The van der Waals surface area contributed by atoms with Crippen LogP contribution in [0.5, 0.6) is 5.75 Å². The number of sulfone groups is 1. The number of carbonyl (C=O) groups excluding carboxylic acids is 1. The molecule has 0 radical (unpaired) electrons. The molecule has 0 heterocycles. The molecule has 1 saturated carbocycles. The number of carboxylic acids is 1. The highest BCUT2D eigenvalue weighted by atomic mass is 32.2. The minimum atomic E-state index is -3.28. The average molecular weight is 383 g/mol. The Kier molecular flexibility index (Phi) is 6.28. The van der Waals surface area contributed by atoms with Crippen molar-refractivity contribution in [1.82, 2.24) is 4.90 Å². The normalized spacial score (nSPS) is 15.8. The van der Waals surface area contributed by atoms with E-state index in [1.165, 1.54) is 17.0 Å². The topological polar surface area (TPSA) is 101 Å². The Hall–Kier alpha value is -2.09. The van der Waals surface area contributed by atoms with Crippen LogP contribution in [0, 0.1) is 5.41 Å². The van der Waals surface area contributed by atoms with Gasteiger partial charge in [0.25, 0.3) is 0 Å². The number of carboxylic acid groups (broad SMARTS) is 1. The van der Waals surface area contributed by atoms with Crippen molar-refractivity contribution in [3.63, 3.8) is 0 Å². The minimum Gasteiger partial charge on any atom is -0.493 e. The maximum Gasteiger partial charge on any atom is 0.310 e. The van der Waals surface area contributed by atoms with Crippen LogP contribution in [0.1, 0.15) is 32.1 Å². The van der Waals surface area contributed by atoms with Crippen LogP contribution in [0.25, 0.3) is 0 Å². The van der Waals surface area contributed by atoms with E-state index in [1.54, 1.807) is 19.2 Å². The van der Waals surface area contributed by atoms with Gasteiger partial charge in [0.05, 0.1) is 16.9 Å². The Balaban J connectivity index is 1.77. The van der Waals surface area contributed by atoms with Crippen LogP contribution in [0.2, 0.25) is 0 Å². The zero-order valence-corrected chi connectivity index (χ0v) is 15.9. The van der Waals surface area contributed by atoms with Gasteiger partial charge in [-0.2, -0.15) is 0 Å². The van der Waals surface area contributed by atoms with Crippen molar-refractivity contribution in [3.8, 4) is 5.75 Å². The molecule has 144 valence electrons. The lowest BCUT2D eigenvalue weighted by atomic mass is 9.66. The first-order valence-electron chi connectivity index (χ1n) is 8.54. The molecular weight excluding hydrogens is 358 g/mol. The van der Waals surface area contributed by atoms with Crippen molar-refractivity contribution in [2.45, 2.75) is 37.0 Å². The third-order valence-corrected chi connectivity index (χ3v) is 5.93. The monoisotopic (exact) mass is 383 g/mol. The number of carbonyl (C=O) groups is 2. The molecule has 1 aliphatic rings. The molecule has 1 aromatic rings. The third-order valence-electron chi connectivity index (χ3n) is 4.82. The molecule has 0 spiro atoms. The molecule has 1 aromatic carbocycles. The van der Waals surface area contributed by atoms with Gasteiger partial charge in [-0.25, -0.2) is 8.42 Å². The number of rotatable bonds is 9. The molecule has 0 aliphatic heterocycles. The van der Waals surface area contributed by atoms with Crippen LogP contribution >= 0.6 is 0 Å². The SMILES string of the molecule is CN(CCCOc1cccc(S(C)(=O)=O)c1)C(=O)CC1(C(=O)O)CCC1. The highest BCUT2D eigenvalue weighted by molar-refractivity contribution is 7.90. The minimum absolute atomic E-state index is 0.0378. The summed E-state index contributed by atoms with van der Waals surface area (Å²) in [5, 5.41) is 9.30. The fourth-order valence-electron chi connectivity index (χ4n) is 2.91. The number of aliphatic carboxylic acids is 1. The highest BCUT2D eigenvalue weighted by Crippen LogP contribution is 2.44. The molecule has 8 heteroatoms. The standard InChI is InChI=1S/C18H25NO6S/c1-19(16(20)13-18(17(21)22)8-4-9-18)10-5-11-25-14-6-3-7-15(12-14)26(2,23)24/h3,6-7,12H,4-5,8-11,13H2,1-2H3,(H,21,22). The zero-order chi connectivity index (χ0) is 19.4. The number of hydrogen-bond acceptors (Lipinski definition) is 5. The lowest BCUT2D eigenvalue weighted by Gasteiger charge is -2.38. The summed E-state index contributed by atoms with van der Waals surface area (Å²) in [4.78, 5) is 25.3. The number of benzene rings is 1. The molecule has 0 saturated heterocycles. The number of hydrogen-bond donors (Lipinski definition) is 1. The molecule has 0 bridgehead atoms. The van der Waals surface area contributed by atoms with Crippen LogP contribution < -0.4 is 4.74 Å². The molecule has 2 rings (SSSR count). The Bertz CT molecular complexity index is 770. The second-order valence-corrected chi connectivity index (χ2v) is 8.90. The molecular formula is C18H25NO6S. The van der Waals surface area contributed by atoms with Gasteiger partial charge < -0.3 is 14.7 Å². The van der Waals surface area contributed by atoms with Gasteiger partial charge in [-0.05, 0) is 37.5 Å². The average Bonchev–Trinajstić information content (AvgIpc) is 2.53. The van der Waals surface area contributed by atoms with Gasteiger partial charge in [-0.15, -0.1) is 0 Å². The van der Waals surface area contributed by atoms with Gasteiger partial charge >= 0.3 is 5.97 Å². The van der Waals surface area contributed by atoms with Crippen LogP contribution in [-0.2, 0) is 19.4 Å². The summed E-state index contributed by atoms with van der Waals surface area (Å²) in [5.74, 6) is -0.605. The highest BCUT2D eigenvalue weighted by Gasteiger charge is 2.46. The van der Waals surface area contributed by atoms with E-state index in [4.69, 9.17) is 4.74 Å². The van der Waals surface area contributed by atoms with Crippen molar-refractivity contribution in [2.75, 3.05) is 26.5 Å². The maximum atomic E-state index is 12.2. The Morgan fingerprint density at radius 3 is 2.54 bits per heavy atom. The maximum absolute atomic E-state index is 12.2. The van der Waals surface area contributed by atoms with Crippen molar-refractivity contribution in [3.05, 3.63) is 24.3 Å². The molecule has 0 aromatic heterocycles. The number of nitrogens with zero attached hydrogens (tertiary/aromatic N) is 1. The van der Waals surface area contributed by atoms with Gasteiger partial charge in [0.1, 0.15) is 5.75 Å². The van der Waals surface area contributed by atoms with E-state index in [1.807, 2.05) is 0 Å². The summed E-state index contributed by atoms with van der Waals surface area (Å²) < 4.78 is 28.6. The molecule has 7 nitrogen and oxygen atoms in total. The van der Waals surface area contributed by atoms with Crippen LogP contribution in [0.3, 0.4) is 0 Å². The quantitative estimate of drug-likeness (QED) is 0.654. The summed E-state index contributed by atoms with van der Waals surface area (Å²) in [6.45, 7) is 0.773. The van der Waals surface area contributed by atoms with Crippen LogP contribution in [0.4, 0.5) is 0 Å². The van der Waals surface area contributed by atoms with Gasteiger partial charge in [-0.3, -0.25) is 9.59 Å². The van der Waals surface area contributed by atoms with Crippen molar-refractivity contribution in [1.29, 1.82) is 0 Å². The predicted molar refractivity (Wildman–Crippen MR) is 95.8 cm³/mol. The molecule has 1 N–H and O–H groups in total. The fraction of sp³-hybridized carbons (Fsp3) is 0.556. The molecule has 26 heavy (non-hydrogen) atoms. The predicted octanol–water partition coefficient (Wildman–Crippen LogP) is 1.96. The molecule has 1 amide bonds. The molecule has 0 atom stereocenters. The first-order valence-corrected chi connectivity index (χ1v) is 10.4. The summed E-state index contributed by atoms with van der Waals surface area (Å²) in [6.07, 6.45) is 3.70. The Labute approximate surface area is 153 Å². The van der Waals surface area contributed by atoms with Gasteiger partial charge in [0, 0.05) is 26.3 Å². The van der Waals surface area contributed by atoms with Crippen LogP contribution in [0.15, 0.2) is 29.2 Å². The van der Waals surface area contributed by atoms with Gasteiger partial charge in [0.15, 0.2) is 9.84 Å². The smallest absolute Gasteiger partial charge is 0.310 e. The summed E-state index contributed by atoms with van der Waals surface area (Å²) in [7, 11) is -1.63. The van der Waals surface area contributed by atoms with E-state index in [2.05, 4.69) is 0 Å². The second-order valence-electron chi connectivity index (χ2n) is 6.88. The summed E-state index contributed by atoms with van der Waals surface area (Å²) in [6, 6.07) is 6.27. The van der Waals surface area contributed by atoms with E-state index >= 15 is 0 Å². The lowest BCUT2D eigenvalue weighted by Crippen LogP contribution is -2.43. The van der Waals surface area contributed by atoms with Crippen molar-refractivity contribution in [2.24, 2.45) is 5.41 Å². The van der Waals surface area contributed by atoms with E-state index in [0.717, 1.165) is 12.7 Å². The second kappa shape index (κ2) is 8.07. The van der Waals surface area contributed by atoms with Crippen LogP contribution in [-0.4, -0.2) is 56.8 Å². The first kappa shape index (κ1) is 20.2. The summed E-state index contributed by atoms with van der Waals surface area (Å²) >= 11 is 0. The summed E-state index contributed by atoms with van der Waals surface area (Å²) in [5.41, 5.74) is -0.881. The largest absolute Gasteiger partial charge is 0.493 e. The van der Waals surface area contributed by atoms with E-state index < -0.39 is 21.2 Å². The molecule has 1 aliphatic carbocycles. The Morgan fingerprint density at radius 2 is 2.00 bits per heavy atom.